The number of nitrogens with one attached hydrogen (secondary N) is 2. The first-order chi connectivity index (χ1) is 11.5. The molecule has 0 radical (unpaired) electrons. The molecule has 2 N–H and O–H groups in total. The van der Waals surface area contributed by atoms with Crippen molar-refractivity contribution in [3.8, 4) is 5.75 Å². The fourth-order valence-corrected chi connectivity index (χ4v) is 2.54. The van der Waals surface area contributed by atoms with E-state index in [1.807, 2.05) is 19.0 Å². The molecule has 0 bridgehead atoms. The summed E-state index contributed by atoms with van der Waals surface area (Å²) < 4.78 is 5.10. The highest BCUT2D eigenvalue weighted by Gasteiger charge is 2.13. The smallest absolute Gasteiger partial charge is 0.270 e. The predicted molar refractivity (Wildman–Crippen MR) is 93.9 cm³/mol. The molecule has 1 aromatic heterocycles. The molecule has 0 saturated carbocycles. The minimum absolute atomic E-state index is 0.255. The zero-order valence-corrected chi connectivity index (χ0v) is 14.6. The van der Waals surface area contributed by atoms with Crippen molar-refractivity contribution in [1.82, 2.24) is 15.2 Å². The number of anilines is 1. The van der Waals surface area contributed by atoms with Gasteiger partial charge in [-0.15, -0.1) is 11.3 Å². The predicted octanol–water partition coefficient (Wildman–Crippen LogP) is 1.70. The molecule has 2 aromatic rings. The van der Waals surface area contributed by atoms with Crippen LogP contribution >= 0.6 is 11.3 Å². The van der Waals surface area contributed by atoms with E-state index >= 15 is 0 Å². The van der Waals surface area contributed by atoms with Crippen LogP contribution in [0.5, 0.6) is 5.75 Å². The molecule has 0 aliphatic heterocycles. The number of hydrogen-bond donors (Lipinski definition) is 2. The molecule has 0 atom stereocenters. The molecular formula is C16H20N4O3S. The molecule has 0 spiro atoms. The normalized spacial score (nSPS) is 10.5. The monoisotopic (exact) mass is 348 g/mol. The van der Waals surface area contributed by atoms with Gasteiger partial charge in [-0.05, 0) is 32.3 Å². The van der Waals surface area contributed by atoms with Crippen LogP contribution in [-0.4, -0.2) is 56.0 Å². The summed E-state index contributed by atoms with van der Waals surface area (Å²) in [5.74, 6) is 0.0422. The van der Waals surface area contributed by atoms with Crippen LogP contribution in [-0.2, 0) is 0 Å². The molecule has 0 aliphatic carbocycles. The quantitative estimate of drug-likeness (QED) is 0.796. The summed E-state index contributed by atoms with van der Waals surface area (Å²) in [5.41, 5.74) is 0.751. The Kier molecular flexibility index (Phi) is 6.28. The van der Waals surface area contributed by atoms with Gasteiger partial charge >= 0.3 is 0 Å². The molecule has 0 fully saturated rings. The first kappa shape index (κ1) is 17.9. The van der Waals surface area contributed by atoms with Gasteiger partial charge in [0.25, 0.3) is 11.8 Å². The van der Waals surface area contributed by atoms with Crippen LogP contribution in [0.3, 0.4) is 0 Å². The maximum Gasteiger partial charge on any atom is 0.270 e. The molecule has 0 aliphatic rings. The molecule has 128 valence electrons. The average molecular weight is 348 g/mol. The van der Waals surface area contributed by atoms with Gasteiger partial charge in [0.05, 0.1) is 7.11 Å². The number of benzene rings is 1. The Labute approximate surface area is 144 Å². The topological polar surface area (TPSA) is 83.6 Å². The third-order valence-electron chi connectivity index (χ3n) is 3.13. The van der Waals surface area contributed by atoms with Crippen molar-refractivity contribution in [2.45, 2.75) is 0 Å². The van der Waals surface area contributed by atoms with Gasteiger partial charge in [0.2, 0.25) is 0 Å². The van der Waals surface area contributed by atoms with Crippen molar-refractivity contribution < 1.29 is 14.3 Å². The Hall–Kier alpha value is -2.45. The minimum Gasteiger partial charge on any atom is -0.497 e. The third kappa shape index (κ3) is 5.04. The number of amides is 2. The van der Waals surface area contributed by atoms with E-state index < -0.39 is 0 Å². The third-order valence-corrected chi connectivity index (χ3v) is 3.89. The zero-order chi connectivity index (χ0) is 17.5. The summed E-state index contributed by atoms with van der Waals surface area (Å²) >= 11 is 1.21. The van der Waals surface area contributed by atoms with Crippen LogP contribution in [0.15, 0.2) is 29.6 Å². The molecule has 0 saturated heterocycles. The molecular weight excluding hydrogens is 328 g/mol. The van der Waals surface area contributed by atoms with Gasteiger partial charge in [-0.3, -0.25) is 14.9 Å². The number of carbonyl (C=O) groups excluding carboxylic acids is 2. The fourth-order valence-electron chi connectivity index (χ4n) is 1.85. The highest BCUT2D eigenvalue weighted by molar-refractivity contribution is 7.14. The number of ether oxygens (including phenoxy) is 1. The van der Waals surface area contributed by atoms with Crippen molar-refractivity contribution in [2.75, 3.05) is 39.6 Å². The van der Waals surface area contributed by atoms with E-state index in [0.717, 1.165) is 6.54 Å². The minimum atomic E-state index is -0.303. The Bertz CT molecular complexity index is 715. The lowest BCUT2D eigenvalue weighted by Crippen LogP contribution is -2.31. The van der Waals surface area contributed by atoms with Crippen molar-refractivity contribution in [3.05, 3.63) is 40.9 Å². The molecule has 2 rings (SSSR count). The molecule has 0 unspecified atom stereocenters. The standard InChI is InChI=1S/C16H20N4O3S/c1-20(2)8-7-17-15(22)13-10-24-16(18-13)19-14(21)11-5-4-6-12(9-11)23-3/h4-6,9-10H,7-8H2,1-3H3,(H,17,22)(H,18,19,21). The zero-order valence-electron chi connectivity index (χ0n) is 13.8. The summed E-state index contributed by atoms with van der Waals surface area (Å²) in [5, 5.41) is 7.45. The van der Waals surface area contributed by atoms with Gasteiger partial charge in [-0.25, -0.2) is 4.98 Å². The van der Waals surface area contributed by atoms with Crippen molar-refractivity contribution in [1.29, 1.82) is 0 Å². The number of rotatable bonds is 7. The maximum absolute atomic E-state index is 12.2. The number of hydrogen-bond acceptors (Lipinski definition) is 6. The van der Waals surface area contributed by atoms with Crippen LogP contribution in [0.1, 0.15) is 20.8 Å². The van der Waals surface area contributed by atoms with Gasteiger partial charge in [-0.1, -0.05) is 6.07 Å². The number of methoxy groups -OCH3 is 1. The lowest BCUT2D eigenvalue weighted by Gasteiger charge is -2.09. The highest BCUT2D eigenvalue weighted by Crippen LogP contribution is 2.18. The molecule has 2 amide bonds. The van der Waals surface area contributed by atoms with E-state index in [9.17, 15) is 9.59 Å². The Balaban J connectivity index is 1.95. The van der Waals surface area contributed by atoms with Crippen LogP contribution in [0.25, 0.3) is 0 Å². The molecule has 1 aromatic carbocycles. The van der Waals surface area contributed by atoms with E-state index in [1.165, 1.54) is 11.3 Å². The summed E-state index contributed by atoms with van der Waals surface area (Å²) in [7, 11) is 5.40. The summed E-state index contributed by atoms with van der Waals surface area (Å²) in [6.07, 6.45) is 0. The summed E-state index contributed by atoms with van der Waals surface area (Å²) in [6.45, 7) is 1.28. The first-order valence-corrected chi connectivity index (χ1v) is 8.21. The number of thiazole rings is 1. The van der Waals surface area contributed by atoms with E-state index in [2.05, 4.69) is 15.6 Å². The maximum atomic E-state index is 12.2. The lowest BCUT2D eigenvalue weighted by atomic mass is 10.2. The Morgan fingerprint density at radius 3 is 2.79 bits per heavy atom. The van der Waals surface area contributed by atoms with Gasteiger partial charge in [-0.2, -0.15) is 0 Å². The first-order valence-electron chi connectivity index (χ1n) is 7.33. The Morgan fingerprint density at radius 2 is 2.08 bits per heavy atom. The van der Waals surface area contributed by atoms with Crippen LogP contribution in [0, 0.1) is 0 Å². The Morgan fingerprint density at radius 1 is 1.29 bits per heavy atom. The molecule has 7 nitrogen and oxygen atoms in total. The van der Waals surface area contributed by atoms with Crippen LogP contribution in [0.4, 0.5) is 5.13 Å². The largest absolute Gasteiger partial charge is 0.497 e. The van der Waals surface area contributed by atoms with Crippen molar-refractivity contribution in [3.63, 3.8) is 0 Å². The van der Waals surface area contributed by atoms with E-state index in [-0.39, 0.29) is 11.8 Å². The van der Waals surface area contributed by atoms with Gasteiger partial charge in [0, 0.05) is 24.0 Å². The molecule has 8 heteroatoms. The fraction of sp³-hybridized carbons (Fsp3) is 0.312. The number of nitrogens with zero attached hydrogens (tertiary/aromatic N) is 2. The number of carbonyl (C=O) groups is 2. The number of likely N-dealkylation sites (N-methyl/N-ethyl adjacent to an activating group) is 1. The van der Waals surface area contributed by atoms with E-state index in [1.54, 1.807) is 36.8 Å². The molecule has 24 heavy (non-hydrogen) atoms. The van der Waals surface area contributed by atoms with Crippen LogP contribution in [0.2, 0.25) is 0 Å². The van der Waals surface area contributed by atoms with Gasteiger partial charge < -0.3 is 15.0 Å². The lowest BCUT2D eigenvalue weighted by molar-refractivity contribution is 0.0945. The van der Waals surface area contributed by atoms with Crippen LogP contribution < -0.4 is 15.4 Å². The number of aromatic nitrogens is 1. The van der Waals surface area contributed by atoms with E-state index in [4.69, 9.17) is 4.74 Å². The second-order valence-corrected chi connectivity index (χ2v) is 6.14. The summed E-state index contributed by atoms with van der Waals surface area (Å²) in [4.78, 5) is 30.3. The van der Waals surface area contributed by atoms with Gasteiger partial charge in [0.1, 0.15) is 11.4 Å². The average Bonchev–Trinajstić information content (AvgIpc) is 3.03. The summed E-state index contributed by atoms with van der Waals surface area (Å²) in [6, 6.07) is 6.81. The second-order valence-electron chi connectivity index (χ2n) is 5.28. The van der Waals surface area contributed by atoms with Gasteiger partial charge in [0.15, 0.2) is 5.13 Å². The highest BCUT2D eigenvalue weighted by atomic mass is 32.1. The van der Waals surface area contributed by atoms with Crippen molar-refractivity contribution >= 4 is 28.3 Å². The molecule has 1 heterocycles. The van der Waals surface area contributed by atoms with Crippen molar-refractivity contribution in [2.24, 2.45) is 0 Å². The second kappa shape index (κ2) is 8.42. The SMILES string of the molecule is COc1cccc(C(=O)Nc2nc(C(=O)NCCN(C)C)cs2)c1. The van der Waals surface area contributed by atoms with E-state index in [0.29, 0.717) is 28.7 Å².